The Morgan fingerprint density at radius 2 is 2.19 bits per heavy atom. The summed E-state index contributed by atoms with van der Waals surface area (Å²) in [7, 11) is 1.53. The van der Waals surface area contributed by atoms with Gasteiger partial charge in [-0.15, -0.1) is 0 Å². The number of benzene rings is 1. The lowest BCUT2D eigenvalue weighted by molar-refractivity contribution is -0.305. The van der Waals surface area contributed by atoms with Crippen LogP contribution in [0, 0.1) is 0 Å². The zero-order valence-electron chi connectivity index (χ0n) is 11.2. The predicted molar refractivity (Wildman–Crippen MR) is 75.3 cm³/mol. The number of imide groups is 1. The summed E-state index contributed by atoms with van der Waals surface area (Å²) in [5.41, 5.74) is 0.722. The van der Waals surface area contributed by atoms with Crippen LogP contribution in [-0.4, -0.2) is 35.7 Å². The van der Waals surface area contributed by atoms with Crippen molar-refractivity contribution in [3.63, 3.8) is 0 Å². The molecule has 1 fully saturated rings. The number of aliphatic carboxylic acids is 1. The van der Waals surface area contributed by atoms with Crippen molar-refractivity contribution in [2.45, 2.75) is 6.42 Å². The maximum absolute atomic E-state index is 12.1. The Morgan fingerprint density at radius 1 is 1.43 bits per heavy atom. The molecule has 1 aromatic carbocycles. The minimum absolute atomic E-state index is 0.178. The highest BCUT2D eigenvalue weighted by atomic mass is 32.2. The maximum Gasteiger partial charge on any atom is 0.293 e. The third-order valence-corrected chi connectivity index (χ3v) is 3.71. The minimum atomic E-state index is -1.30. The van der Waals surface area contributed by atoms with Crippen molar-refractivity contribution in [3.8, 4) is 5.75 Å². The average molecular weight is 306 g/mol. The van der Waals surface area contributed by atoms with Crippen LogP contribution in [0.15, 0.2) is 29.2 Å². The van der Waals surface area contributed by atoms with Gasteiger partial charge in [-0.1, -0.05) is 12.1 Å². The second-order valence-electron chi connectivity index (χ2n) is 4.23. The van der Waals surface area contributed by atoms with E-state index in [0.29, 0.717) is 5.75 Å². The Kier molecular flexibility index (Phi) is 4.64. The molecule has 0 spiro atoms. The number of amides is 2. The molecule has 0 unspecified atom stereocenters. The summed E-state index contributed by atoms with van der Waals surface area (Å²) in [6, 6.07) is 7.04. The summed E-state index contributed by atoms with van der Waals surface area (Å²) in [5.74, 6) is -1.15. The normalized spacial score (nSPS) is 16.6. The number of carbonyl (C=O) groups excluding carboxylic acids is 3. The van der Waals surface area contributed by atoms with E-state index >= 15 is 0 Å². The largest absolute Gasteiger partial charge is 0.550 e. The lowest BCUT2D eigenvalue weighted by Gasteiger charge is -2.12. The molecule has 0 bridgehead atoms. The molecule has 6 nitrogen and oxygen atoms in total. The van der Waals surface area contributed by atoms with Crippen LogP contribution in [0.25, 0.3) is 6.08 Å². The number of hydrogen-bond donors (Lipinski definition) is 0. The molecule has 1 aromatic rings. The number of ether oxygens (including phenoxy) is 1. The third kappa shape index (κ3) is 3.63. The second-order valence-corrected chi connectivity index (χ2v) is 5.23. The number of methoxy groups -OCH3 is 1. The van der Waals surface area contributed by atoms with E-state index in [2.05, 4.69) is 0 Å². The number of carboxylic acids is 1. The molecule has 7 heteroatoms. The molecule has 0 radical (unpaired) electrons. The summed E-state index contributed by atoms with van der Waals surface area (Å²) >= 11 is 0.786. The van der Waals surface area contributed by atoms with E-state index in [0.717, 1.165) is 22.2 Å². The Bertz CT molecular complexity index is 626. The van der Waals surface area contributed by atoms with Crippen LogP contribution >= 0.6 is 11.8 Å². The van der Waals surface area contributed by atoms with Crippen LogP contribution in [0.1, 0.15) is 12.0 Å². The van der Waals surface area contributed by atoms with E-state index in [-0.39, 0.29) is 17.9 Å². The molecule has 0 aromatic heterocycles. The quantitative estimate of drug-likeness (QED) is 0.750. The molecule has 0 N–H and O–H groups in total. The van der Waals surface area contributed by atoms with Crippen LogP contribution in [0.5, 0.6) is 5.75 Å². The van der Waals surface area contributed by atoms with E-state index in [9.17, 15) is 19.5 Å². The first kappa shape index (κ1) is 15.1. The molecule has 0 saturated carbocycles. The fraction of sp³-hybridized carbons (Fsp3) is 0.214. The van der Waals surface area contributed by atoms with Gasteiger partial charge >= 0.3 is 0 Å². The van der Waals surface area contributed by atoms with Crippen LogP contribution in [0.4, 0.5) is 4.79 Å². The van der Waals surface area contributed by atoms with Crippen molar-refractivity contribution < 1.29 is 24.2 Å². The van der Waals surface area contributed by atoms with Crippen molar-refractivity contribution in [2.24, 2.45) is 0 Å². The Balaban J connectivity index is 2.17. The molecule has 110 valence electrons. The minimum Gasteiger partial charge on any atom is -0.550 e. The molecule has 0 atom stereocenters. The topological polar surface area (TPSA) is 86.7 Å². The smallest absolute Gasteiger partial charge is 0.293 e. The van der Waals surface area contributed by atoms with Gasteiger partial charge in [0, 0.05) is 18.9 Å². The Morgan fingerprint density at radius 3 is 2.86 bits per heavy atom. The van der Waals surface area contributed by atoms with Gasteiger partial charge in [-0.25, -0.2) is 0 Å². The van der Waals surface area contributed by atoms with Crippen molar-refractivity contribution in [2.75, 3.05) is 13.7 Å². The summed E-state index contributed by atoms with van der Waals surface area (Å²) in [4.78, 5) is 35.4. The van der Waals surface area contributed by atoms with Gasteiger partial charge in [0.1, 0.15) is 5.75 Å². The first-order valence-electron chi connectivity index (χ1n) is 6.10. The number of nitrogens with zero attached hydrogens (tertiary/aromatic N) is 1. The van der Waals surface area contributed by atoms with E-state index in [1.807, 2.05) is 0 Å². The summed E-state index contributed by atoms with van der Waals surface area (Å²) in [6.45, 7) is -0.178. The SMILES string of the molecule is COc1cccc(C=C2SC(=O)N(CCC(=O)[O-])C2=O)c1. The summed E-state index contributed by atoms with van der Waals surface area (Å²) in [5, 5.41) is 9.94. The van der Waals surface area contributed by atoms with E-state index in [1.165, 1.54) is 7.11 Å². The molecule has 2 rings (SSSR count). The maximum atomic E-state index is 12.1. The monoisotopic (exact) mass is 306 g/mol. The van der Waals surface area contributed by atoms with Crippen LogP contribution in [0.2, 0.25) is 0 Å². The highest BCUT2D eigenvalue weighted by Crippen LogP contribution is 2.32. The van der Waals surface area contributed by atoms with Crippen molar-refractivity contribution >= 4 is 35.0 Å². The fourth-order valence-electron chi connectivity index (χ4n) is 1.78. The van der Waals surface area contributed by atoms with Crippen molar-refractivity contribution in [3.05, 3.63) is 34.7 Å². The van der Waals surface area contributed by atoms with Gasteiger partial charge in [0.25, 0.3) is 11.1 Å². The number of hydrogen-bond acceptors (Lipinski definition) is 6. The van der Waals surface area contributed by atoms with E-state index in [4.69, 9.17) is 4.74 Å². The van der Waals surface area contributed by atoms with Crippen LogP contribution in [-0.2, 0) is 9.59 Å². The molecule has 1 heterocycles. The van der Waals surface area contributed by atoms with E-state index < -0.39 is 17.1 Å². The van der Waals surface area contributed by atoms with Gasteiger partial charge in [0.2, 0.25) is 0 Å². The molecular formula is C14H12NO5S-. The lowest BCUT2D eigenvalue weighted by Crippen LogP contribution is -2.33. The lowest BCUT2D eigenvalue weighted by atomic mass is 10.2. The van der Waals surface area contributed by atoms with Crippen LogP contribution < -0.4 is 9.84 Å². The van der Waals surface area contributed by atoms with Gasteiger partial charge < -0.3 is 14.6 Å². The Hall–Kier alpha value is -2.28. The number of thioether (sulfide) groups is 1. The van der Waals surface area contributed by atoms with Gasteiger partial charge in [-0.2, -0.15) is 0 Å². The molecular weight excluding hydrogens is 294 g/mol. The third-order valence-electron chi connectivity index (χ3n) is 2.80. The first-order valence-corrected chi connectivity index (χ1v) is 6.92. The number of rotatable bonds is 5. The highest BCUT2D eigenvalue weighted by Gasteiger charge is 2.34. The molecule has 2 amide bonds. The summed E-state index contributed by atoms with van der Waals surface area (Å²) in [6.07, 6.45) is 1.21. The van der Waals surface area contributed by atoms with Crippen molar-refractivity contribution in [1.29, 1.82) is 0 Å². The van der Waals surface area contributed by atoms with Gasteiger partial charge in [0.05, 0.1) is 12.0 Å². The zero-order chi connectivity index (χ0) is 15.4. The molecule has 1 saturated heterocycles. The molecule has 21 heavy (non-hydrogen) atoms. The average Bonchev–Trinajstić information content (AvgIpc) is 2.71. The predicted octanol–water partition coefficient (Wildman–Crippen LogP) is 0.872. The second kappa shape index (κ2) is 6.45. The highest BCUT2D eigenvalue weighted by molar-refractivity contribution is 8.18. The molecule has 1 aliphatic rings. The molecule has 0 aliphatic carbocycles. The van der Waals surface area contributed by atoms with E-state index in [1.54, 1.807) is 30.3 Å². The van der Waals surface area contributed by atoms with Crippen molar-refractivity contribution in [1.82, 2.24) is 4.90 Å². The van der Waals surface area contributed by atoms with Gasteiger partial charge in [-0.05, 0) is 35.5 Å². The molecule has 1 aliphatic heterocycles. The zero-order valence-corrected chi connectivity index (χ0v) is 12.0. The van der Waals surface area contributed by atoms with Crippen LogP contribution in [0.3, 0.4) is 0 Å². The summed E-state index contributed by atoms with van der Waals surface area (Å²) < 4.78 is 5.08. The number of carboxylic acid groups (broad SMARTS) is 1. The first-order chi connectivity index (χ1) is 10.0. The standard InChI is InChI=1S/C14H13NO5S/c1-20-10-4-2-3-9(7-10)8-11-13(18)15(14(19)21-11)6-5-12(16)17/h2-4,7-8H,5-6H2,1H3,(H,16,17)/p-1. The fourth-order valence-corrected chi connectivity index (χ4v) is 2.64. The van der Waals surface area contributed by atoms with Gasteiger partial charge in [-0.3, -0.25) is 14.5 Å². The van der Waals surface area contributed by atoms with Gasteiger partial charge in [0.15, 0.2) is 0 Å². The number of carbonyl (C=O) groups is 3. The Labute approximate surface area is 125 Å².